The van der Waals surface area contributed by atoms with Crippen molar-refractivity contribution in [3.63, 3.8) is 0 Å². The van der Waals surface area contributed by atoms with Crippen molar-refractivity contribution < 1.29 is 25.9 Å². The van der Waals surface area contributed by atoms with Gasteiger partial charge in [-0.25, -0.2) is 8.42 Å². The lowest BCUT2D eigenvalue weighted by Gasteiger charge is -2.18. The summed E-state index contributed by atoms with van der Waals surface area (Å²) in [5.41, 5.74) is -0.319. The molecule has 28 heavy (non-hydrogen) atoms. The molecule has 12 heteroatoms. The Bertz CT molecular complexity index is 1080. The molecule has 0 aliphatic carbocycles. The Morgan fingerprint density at radius 1 is 1.00 bits per heavy atom. The highest BCUT2D eigenvalue weighted by molar-refractivity contribution is 7.89. The lowest BCUT2D eigenvalue weighted by molar-refractivity contribution is -0.384. The van der Waals surface area contributed by atoms with Crippen molar-refractivity contribution in [1.29, 1.82) is 0 Å². The Hall–Kier alpha value is -2.21. The number of halogens is 1. The summed E-state index contributed by atoms with van der Waals surface area (Å²) in [6.07, 6.45) is 0. The van der Waals surface area contributed by atoms with Gasteiger partial charge in [0.05, 0.1) is 14.8 Å². The third-order valence-electron chi connectivity index (χ3n) is 3.78. The number of nitro benzene ring substituents is 1. The summed E-state index contributed by atoms with van der Waals surface area (Å²) in [5, 5.41) is 10.5. The molecule has 0 aromatic heterocycles. The fraction of sp³-hybridized carbons (Fsp3) is 0.250. The molecular weight excluding hydrogens is 432 g/mol. The molecule has 0 bridgehead atoms. The topological polar surface area (TPSA) is 124 Å². The molecule has 0 heterocycles. The van der Waals surface area contributed by atoms with Crippen LogP contribution < -0.4 is 4.18 Å². The minimum atomic E-state index is -4.33. The second-order valence-corrected chi connectivity index (χ2v) is 9.36. The van der Waals surface area contributed by atoms with Gasteiger partial charge in [0.25, 0.3) is 5.69 Å². The second kappa shape index (κ2) is 8.43. The molecule has 0 aliphatic heterocycles. The Morgan fingerprint density at radius 3 is 2.00 bits per heavy atom. The fourth-order valence-corrected chi connectivity index (χ4v) is 4.99. The summed E-state index contributed by atoms with van der Waals surface area (Å²) in [6, 6.07) is 7.62. The fourth-order valence-electron chi connectivity index (χ4n) is 2.33. The lowest BCUT2D eigenvalue weighted by Crippen LogP contribution is -2.30. The first-order valence-electron chi connectivity index (χ1n) is 8.01. The monoisotopic (exact) mass is 448 g/mol. The summed E-state index contributed by atoms with van der Waals surface area (Å²) in [7, 11) is -8.05. The molecule has 0 spiro atoms. The van der Waals surface area contributed by atoms with E-state index in [4.69, 9.17) is 15.8 Å². The maximum atomic E-state index is 12.5. The molecule has 0 aliphatic rings. The maximum Gasteiger partial charge on any atom is 0.339 e. The van der Waals surface area contributed by atoms with Crippen molar-refractivity contribution >= 4 is 37.4 Å². The Morgan fingerprint density at radius 2 is 1.54 bits per heavy atom. The van der Waals surface area contributed by atoms with Gasteiger partial charge >= 0.3 is 10.1 Å². The van der Waals surface area contributed by atoms with Crippen molar-refractivity contribution in [3.8, 4) is 5.75 Å². The average Bonchev–Trinajstić information content (AvgIpc) is 2.64. The van der Waals surface area contributed by atoms with Crippen molar-refractivity contribution in [1.82, 2.24) is 4.31 Å². The largest absolute Gasteiger partial charge is 0.377 e. The van der Waals surface area contributed by atoms with Gasteiger partial charge in [0, 0.05) is 25.2 Å². The van der Waals surface area contributed by atoms with Crippen LogP contribution in [0.2, 0.25) is 5.02 Å². The van der Waals surface area contributed by atoms with Crippen LogP contribution in [0.4, 0.5) is 5.69 Å². The van der Waals surface area contributed by atoms with E-state index in [9.17, 15) is 26.9 Å². The first-order chi connectivity index (χ1) is 13.0. The molecule has 0 amide bonds. The molecule has 9 nitrogen and oxygen atoms in total. The SMILES string of the molecule is CCN(CC)S(=O)(=O)c1ccc(S(=O)(=O)Oc2ccc([N+](=O)[O-])cc2Cl)cc1. The number of hydrogen-bond acceptors (Lipinski definition) is 7. The zero-order valence-electron chi connectivity index (χ0n) is 14.9. The van der Waals surface area contributed by atoms with E-state index in [1.807, 2.05) is 0 Å². The molecule has 0 radical (unpaired) electrons. The summed E-state index contributed by atoms with van der Waals surface area (Å²) in [4.78, 5) is 9.69. The van der Waals surface area contributed by atoms with Crippen LogP contribution in [0.5, 0.6) is 5.75 Å². The lowest BCUT2D eigenvalue weighted by atomic mass is 10.3. The first kappa shape index (κ1) is 22.1. The molecule has 0 saturated heterocycles. The van der Waals surface area contributed by atoms with E-state index in [1.54, 1.807) is 13.8 Å². The van der Waals surface area contributed by atoms with Gasteiger partial charge in [-0.2, -0.15) is 12.7 Å². The molecular formula is C16H17ClN2O7S2. The summed E-state index contributed by atoms with van der Waals surface area (Å²) < 4.78 is 55.9. The van der Waals surface area contributed by atoms with E-state index in [2.05, 4.69) is 0 Å². The van der Waals surface area contributed by atoms with Crippen molar-refractivity contribution in [2.45, 2.75) is 23.6 Å². The van der Waals surface area contributed by atoms with E-state index in [0.717, 1.165) is 30.3 Å². The summed E-state index contributed by atoms with van der Waals surface area (Å²) in [5.74, 6) is -0.285. The number of non-ortho nitro benzene ring substituents is 1. The number of nitrogens with zero attached hydrogens (tertiary/aromatic N) is 2. The van der Waals surface area contributed by atoms with Crippen molar-refractivity contribution in [2.75, 3.05) is 13.1 Å². The van der Waals surface area contributed by atoms with E-state index >= 15 is 0 Å². The van der Waals surface area contributed by atoms with Gasteiger partial charge in [-0.15, -0.1) is 0 Å². The maximum absolute atomic E-state index is 12.5. The van der Waals surface area contributed by atoms with Crippen LogP contribution in [0.1, 0.15) is 13.8 Å². The zero-order chi connectivity index (χ0) is 21.1. The highest BCUT2D eigenvalue weighted by Gasteiger charge is 2.24. The van der Waals surface area contributed by atoms with E-state index in [1.165, 1.54) is 16.4 Å². The highest BCUT2D eigenvalue weighted by Crippen LogP contribution is 2.31. The zero-order valence-corrected chi connectivity index (χ0v) is 17.3. The summed E-state index contributed by atoms with van der Waals surface area (Å²) in [6.45, 7) is 3.95. The molecule has 152 valence electrons. The molecule has 0 unspecified atom stereocenters. The molecule has 2 rings (SSSR count). The quantitative estimate of drug-likeness (QED) is 0.345. The Kier molecular flexibility index (Phi) is 6.65. The molecule has 0 saturated carbocycles. The predicted molar refractivity (Wildman–Crippen MR) is 102 cm³/mol. The van der Waals surface area contributed by atoms with Gasteiger partial charge < -0.3 is 4.18 Å². The highest BCUT2D eigenvalue weighted by atomic mass is 35.5. The van der Waals surface area contributed by atoms with E-state index in [0.29, 0.717) is 0 Å². The van der Waals surface area contributed by atoms with E-state index in [-0.39, 0.29) is 39.3 Å². The van der Waals surface area contributed by atoms with Crippen molar-refractivity contribution in [2.24, 2.45) is 0 Å². The van der Waals surface area contributed by atoms with Crippen LogP contribution in [0.15, 0.2) is 52.3 Å². The minimum Gasteiger partial charge on any atom is -0.377 e. The number of benzene rings is 2. The van der Waals surface area contributed by atoms with Gasteiger partial charge in [0.1, 0.15) is 4.90 Å². The number of nitro groups is 1. The van der Waals surface area contributed by atoms with Crippen LogP contribution in [0.3, 0.4) is 0 Å². The molecule has 2 aromatic carbocycles. The minimum absolute atomic E-state index is 0.0523. The van der Waals surface area contributed by atoms with Gasteiger partial charge in [-0.3, -0.25) is 10.1 Å². The van der Waals surface area contributed by atoms with Gasteiger partial charge in [-0.1, -0.05) is 25.4 Å². The van der Waals surface area contributed by atoms with E-state index < -0.39 is 25.1 Å². The average molecular weight is 449 g/mol. The normalized spacial score (nSPS) is 12.1. The second-order valence-electron chi connectivity index (χ2n) is 5.47. The molecule has 2 aromatic rings. The molecule has 0 N–H and O–H groups in total. The Balaban J connectivity index is 2.31. The van der Waals surface area contributed by atoms with Crippen LogP contribution in [-0.4, -0.2) is 39.2 Å². The van der Waals surface area contributed by atoms with Crippen LogP contribution in [-0.2, 0) is 20.1 Å². The van der Waals surface area contributed by atoms with Crippen LogP contribution >= 0.6 is 11.6 Å². The van der Waals surface area contributed by atoms with Crippen LogP contribution in [0, 0.1) is 10.1 Å². The number of hydrogen-bond donors (Lipinski definition) is 0. The third kappa shape index (κ3) is 4.61. The van der Waals surface area contributed by atoms with Crippen molar-refractivity contribution in [3.05, 3.63) is 57.6 Å². The first-order valence-corrected chi connectivity index (χ1v) is 11.2. The molecule has 0 atom stereocenters. The number of sulfonamides is 1. The predicted octanol–water partition coefficient (Wildman–Crippen LogP) is 3.05. The van der Waals surface area contributed by atoms with Gasteiger partial charge in [0.2, 0.25) is 10.0 Å². The Labute approximate surface area is 167 Å². The number of rotatable bonds is 8. The van der Waals surface area contributed by atoms with Crippen LogP contribution in [0.25, 0.3) is 0 Å². The molecule has 0 fully saturated rings. The third-order valence-corrected chi connectivity index (χ3v) is 7.39. The van der Waals surface area contributed by atoms with Gasteiger partial charge in [-0.05, 0) is 30.3 Å². The smallest absolute Gasteiger partial charge is 0.339 e. The van der Waals surface area contributed by atoms with Gasteiger partial charge in [0.15, 0.2) is 5.75 Å². The standard InChI is InChI=1S/C16H17ClN2O7S2/c1-3-18(4-2)27(22,23)13-6-8-14(9-7-13)28(24,25)26-16-10-5-12(19(20)21)11-15(16)17/h5-11H,3-4H2,1-2H3. The summed E-state index contributed by atoms with van der Waals surface area (Å²) >= 11 is 5.84.